The number of hydrogen-bond acceptors (Lipinski definition) is 8. The van der Waals surface area contributed by atoms with Crippen molar-refractivity contribution in [3.63, 3.8) is 0 Å². The molecule has 9 heteroatoms. The van der Waals surface area contributed by atoms with Crippen LogP contribution in [0.1, 0.15) is 34.1 Å². The van der Waals surface area contributed by atoms with E-state index < -0.39 is 24.5 Å². The lowest BCUT2D eigenvalue weighted by Crippen LogP contribution is -2.24. The van der Waals surface area contributed by atoms with Crippen LogP contribution in [0.4, 0.5) is 5.00 Å². The minimum Gasteiger partial charge on any atom is -0.493 e. The lowest BCUT2D eigenvalue weighted by molar-refractivity contribution is -0.148. The summed E-state index contributed by atoms with van der Waals surface area (Å²) >= 11 is 1.36. The highest BCUT2D eigenvalue weighted by Crippen LogP contribution is 2.39. The SMILES string of the molecule is CCOC(=O)c1c(NC(=O)COC(=O)C2=COCCO2)sc2c1CCC2. The molecule has 1 aromatic heterocycles. The standard InChI is InChI=1S/C17H19NO7S/c1-2-23-17(21)14-10-4-3-5-12(10)26-15(14)18-13(19)9-25-16(20)11-8-22-6-7-24-11/h8H,2-7,9H2,1H3,(H,18,19). The molecule has 0 unspecified atom stereocenters. The van der Waals surface area contributed by atoms with Gasteiger partial charge in [0.2, 0.25) is 5.76 Å². The highest BCUT2D eigenvalue weighted by molar-refractivity contribution is 7.17. The number of nitrogens with one attached hydrogen (secondary N) is 1. The van der Waals surface area contributed by atoms with Crippen LogP contribution in [0, 0.1) is 0 Å². The van der Waals surface area contributed by atoms with Crippen LogP contribution in [0.3, 0.4) is 0 Å². The van der Waals surface area contributed by atoms with E-state index >= 15 is 0 Å². The number of esters is 2. The van der Waals surface area contributed by atoms with E-state index in [2.05, 4.69) is 5.32 Å². The number of amides is 1. The van der Waals surface area contributed by atoms with E-state index in [1.54, 1.807) is 6.92 Å². The molecule has 8 nitrogen and oxygen atoms in total. The quantitative estimate of drug-likeness (QED) is 0.750. The summed E-state index contributed by atoms with van der Waals surface area (Å²) in [6.45, 7) is 2.09. The molecule has 0 saturated carbocycles. The fraction of sp³-hybridized carbons (Fsp3) is 0.471. The van der Waals surface area contributed by atoms with Crippen molar-refractivity contribution < 1.29 is 33.3 Å². The van der Waals surface area contributed by atoms with Gasteiger partial charge in [0.1, 0.15) is 24.5 Å². The second-order valence-corrected chi connectivity index (χ2v) is 6.71. The Labute approximate surface area is 154 Å². The molecule has 1 N–H and O–H groups in total. The molecule has 0 atom stereocenters. The maximum atomic E-state index is 12.3. The fourth-order valence-corrected chi connectivity index (χ4v) is 4.05. The number of fused-ring (bicyclic) bond motifs is 1. The van der Waals surface area contributed by atoms with Gasteiger partial charge in [-0.05, 0) is 31.7 Å². The van der Waals surface area contributed by atoms with Crippen molar-refractivity contribution in [1.29, 1.82) is 0 Å². The molecule has 2 heterocycles. The summed E-state index contributed by atoms with van der Waals surface area (Å²) in [5.74, 6) is -1.84. The first kappa shape index (κ1) is 18.2. The molecule has 0 fully saturated rings. The molecule has 26 heavy (non-hydrogen) atoms. The highest BCUT2D eigenvalue weighted by Gasteiger charge is 2.28. The van der Waals surface area contributed by atoms with Gasteiger partial charge in [-0.1, -0.05) is 0 Å². The highest BCUT2D eigenvalue weighted by atomic mass is 32.1. The topological polar surface area (TPSA) is 100 Å². The fourth-order valence-electron chi connectivity index (χ4n) is 2.75. The Balaban J connectivity index is 1.63. The van der Waals surface area contributed by atoms with E-state index in [0.29, 0.717) is 17.2 Å². The molecule has 1 aromatic rings. The summed E-state index contributed by atoms with van der Waals surface area (Å²) < 4.78 is 20.1. The first-order valence-electron chi connectivity index (χ1n) is 8.33. The summed E-state index contributed by atoms with van der Waals surface area (Å²) in [6.07, 6.45) is 3.81. The zero-order valence-corrected chi connectivity index (χ0v) is 15.1. The van der Waals surface area contributed by atoms with Crippen LogP contribution >= 0.6 is 11.3 Å². The normalized spacial score (nSPS) is 15.2. The Kier molecular flexibility index (Phi) is 5.77. The van der Waals surface area contributed by atoms with Gasteiger partial charge in [-0.25, -0.2) is 9.59 Å². The number of anilines is 1. The first-order chi connectivity index (χ1) is 12.6. The number of aryl methyl sites for hydroxylation is 1. The van der Waals surface area contributed by atoms with Crippen LogP contribution in [-0.4, -0.2) is 44.3 Å². The van der Waals surface area contributed by atoms with Crippen LogP contribution < -0.4 is 5.32 Å². The maximum absolute atomic E-state index is 12.3. The van der Waals surface area contributed by atoms with E-state index in [9.17, 15) is 14.4 Å². The molecule has 1 amide bonds. The third kappa shape index (κ3) is 3.98. The van der Waals surface area contributed by atoms with Crippen LogP contribution in [0.25, 0.3) is 0 Å². The average Bonchev–Trinajstić information content (AvgIpc) is 3.21. The lowest BCUT2D eigenvalue weighted by Gasteiger charge is -2.14. The minimum atomic E-state index is -0.779. The Morgan fingerprint density at radius 2 is 2.04 bits per heavy atom. The molecule has 0 bridgehead atoms. The van der Waals surface area contributed by atoms with Crippen LogP contribution in [0.2, 0.25) is 0 Å². The molecule has 0 radical (unpaired) electrons. The van der Waals surface area contributed by atoms with E-state index in [4.69, 9.17) is 18.9 Å². The van der Waals surface area contributed by atoms with E-state index in [-0.39, 0.29) is 19.0 Å². The molecular weight excluding hydrogens is 362 g/mol. The minimum absolute atomic E-state index is 0.0774. The van der Waals surface area contributed by atoms with Crippen molar-refractivity contribution in [1.82, 2.24) is 0 Å². The number of ether oxygens (including phenoxy) is 4. The molecule has 0 aromatic carbocycles. The largest absolute Gasteiger partial charge is 0.493 e. The van der Waals surface area contributed by atoms with Crippen molar-refractivity contribution >= 4 is 34.2 Å². The summed E-state index contributed by atoms with van der Waals surface area (Å²) in [5, 5.41) is 3.08. The summed E-state index contributed by atoms with van der Waals surface area (Å²) in [4.78, 5) is 37.2. The maximum Gasteiger partial charge on any atom is 0.377 e. The molecule has 140 valence electrons. The second kappa shape index (κ2) is 8.22. The molecule has 3 rings (SSSR count). The monoisotopic (exact) mass is 381 g/mol. The molecule has 1 aliphatic carbocycles. The van der Waals surface area contributed by atoms with Crippen LogP contribution in [0.5, 0.6) is 0 Å². The number of hydrogen-bond donors (Lipinski definition) is 1. The van der Waals surface area contributed by atoms with Gasteiger partial charge in [0.05, 0.1) is 12.2 Å². The van der Waals surface area contributed by atoms with E-state index in [1.165, 1.54) is 11.3 Å². The van der Waals surface area contributed by atoms with Crippen LogP contribution in [-0.2, 0) is 41.4 Å². The summed E-state index contributed by atoms with van der Waals surface area (Å²) in [6, 6.07) is 0. The Morgan fingerprint density at radius 3 is 2.77 bits per heavy atom. The van der Waals surface area contributed by atoms with Crippen molar-refractivity contribution in [3.8, 4) is 0 Å². The van der Waals surface area contributed by atoms with Gasteiger partial charge in [-0.15, -0.1) is 11.3 Å². The Bertz CT molecular complexity index is 753. The smallest absolute Gasteiger partial charge is 0.377 e. The number of thiophene rings is 1. The van der Waals surface area contributed by atoms with Crippen molar-refractivity contribution in [3.05, 3.63) is 28.0 Å². The molecule has 0 spiro atoms. The van der Waals surface area contributed by atoms with Gasteiger partial charge >= 0.3 is 11.9 Å². The van der Waals surface area contributed by atoms with Gasteiger partial charge in [-0.2, -0.15) is 0 Å². The number of carbonyl (C=O) groups is 3. The number of rotatable bonds is 6. The third-order valence-corrected chi connectivity index (χ3v) is 5.05. The number of carbonyl (C=O) groups excluding carboxylic acids is 3. The van der Waals surface area contributed by atoms with Gasteiger partial charge < -0.3 is 24.3 Å². The molecule has 0 saturated heterocycles. The zero-order valence-electron chi connectivity index (χ0n) is 14.3. The summed E-state index contributed by atoms with van der Waals surface area (Å²) in [7, 11) is 0. The molecule has 1 aliphatic heterocycles. The Hall–Kier alpha value is -2.55. The van der Waals surface area contributed by atoms with Crippen LogP contribution in [0.15, 0.2) is 12.0 Å². The third-order valence-electron chi connectivity index (χ3n) is 3.84. The predicted molar refractivity (Wildman–Crippen MR) is 91.9 cm³/mol. The zero-order chi connectivity index (χ0) is 18.5. The van der Waals surface area contributed by atoms with E-state index in [1.807, 2.05) is 0 Å². The Morgan fingerprint density at radius 1 is 1.19 bits per heavy atom. The van der Waals surface area contributed by atoms with E-state index in [0.717, 1.165) is 36.0 Å². The van der Waals surface area contributed by atoms with Gasteiger partial charge in [0.25, 0.3) is 5.91 Å². The van der Waals surface area contributed by atoms with Gasteiger partial charge in [0, 0.05) is 4.88 Å². The van der Waals surface area contributed by atoms with Gasteiger partial charge in [-0.3, -0.25) is 4.79 Å². The van der Waals surface area contributed by atoms with Crippen molar-refractivity contribution in [2.24, 2.45) is 0 Å². The first-order valence-corrected chi connectivity index (χ1v) is 9.15. The molecular formula is C17H19NO7S. The summed E-state index contributed by atoms with van der Waals surface area (Å²) in [5.41, 5.74) is 1.36. The average molecular weight is 381 g/mol. The van der Waals surface area contributed by atoms with Crippen molar-refractivity contribution in [2.75, 3.05) is 31.7 Å². The second-order valence-electron chi connectivity index (χ2n) is 5.61. The predicted octanol–water partition coefficient (Wildman–Crippen LogP) is 1.78. The van der Waals surface area contributed by atoms with Gasteiger partial charge in [0.15, 0.2) is 6.61 Å². The lowest BCUT2D eigenvalue weighted by atomic mass is 10.1. The molecule has 2 aliphatic rings. The van der Waals surface area contributed by atoms with Crippen molar-refractivity contribution in [2.45, 2.75) is 26.2 Å².